The first-order chi connectivity index (χ1) is 23.6. The van der Waals surface area contributed by atoms with E-state index in [9.17, 15) is 35.2 Å². The molecule has 9 nitrogen and oxygen atoms in total. The molecule has 5 heterocycles. The lowest BCUT2D eigenvalue weighted by atomic mass is 10.1. The number of benzene rings is 1. The minimum absolute atomic E-state index is 0.124. The predicted octanol–water partition coefficient (Wildman–Crippen LogP) is 7.04. The average molecular weight is 756 g/mol. The molecule has 0 aliphatic carbocycles. The monoisotopic (exact) mass is 755 g/mol. The normalized spacial score (nSPS) is 21.3. The fourth-order valence-corrected chi connectivity index (χ4v) is 10.2. The Morgan fingerprint density at radius 3 is 2.36 bits per heavy atom. The number of urea groups is 1. The summed E-state index contributed by atoms with van der Waals surface area (Å²) in [6.07, 6.45) is -1.84. The van der Waals surface area contributed by atoms with Gasteiger partial charge in [-0.05, 0) is 60.5 Å². The number of hydrogen-bond acceptors (Lipinski definition) is 8. The molecule has 2 atom stereocenters. The number of quaternary nitrogens is 1. The SMILES string of the molecule is C[C@@H]1CC(F)(F)C[N+]1(C(=O)NCc1cc(-c2ccc(C(F)(F)F)cc2)nc(N2CCN(Cc3cccnc3)CC2)c1)S(=O)(=O)c1ccc(Cl)s1. The van der Waals surface area contributed by atoms with Crippen LogP contribution < -0.4 is 10.2 Å². The number of nitrogens with one attached hydrogen (secondary N) is 1. The summed E-state index contributed by atoms with van der Waals surface area (Å²) in [5.74, 6) is -2.93. The van der Waals surface area contributed by atoms with Gasteiger partial charge in [0.2, 0.25) is 0 Å². The summed E-state index contributed by atoms with van der Waals surface area (Å²) >= 11 is 6.66. The van der Waals surface area contributed by atoms with Crippen molar-refractivity contribution in [2.75, 3.05) is 37.6 Å². The molecule has 0 saturated carbocycles. The highest BCUT2D eigenvalue weighted by Crippen LogP contribution is 2.45. The summed E-state index contributed by atoms with van der Waals surface area (Å²) in [5.41, 5.74) is 1.40. The van der Waals surface area contributed by atoms with Gasteiger partial charge in [0, 0.05) is 57.2 Å². The number of alkyl halides is 5. The van der Waals surface area contributed by atoms with Gasteiger partial charge < -0.3 is 10.2 Å². The Labute approximate surface area is 295 Å². The van der Waals surface area contributed by atoms with Crippen molar-refractivity contribution in [1.82, 2.24) is 20.2 Å². The second kappa shape index (κ2) is 13.8. The number of rotatable bonds is 8. The van der Waals surface area contributed by atoms with Gasteiger partial charge in [0.05, 0.1) is 22.0 Å². The van der Waals surface area contributed by atoms with Crippen molar-refractivity contribution in [3.05, 3.63) is 94.1 Å². The molecule has 0 bridgehead atoms. The molecule has 266 valence electrons. The summed E-state index contributed by atoms with van der Waals surface area (Å²) < 4.78 is 95.6. The molecule has 0 radical (unpaired) electrons. The topological polar surface area (TPSA) is 95.5 Å². The highest BCUT2D eigenvalue weighted by molar-refractivity contribution is 7.88. The predicted molar refractivity (Wildman–Crippen MR) is 179 cm³/mol. The van der Waals surface area contributed by atoms with Crippen LogP contribution >= 0.6 is 22.9 Å². The Bertz CT molecular complexity index is 1960. The lowest BCUT2D eigenvalue weighted by molar-refractivity contribution is -0.738. The summed E-state index contributed by atoms with van der Waals surface area (Å²) in [7, 11) is -4.67. The van der Waals surface area contributed by atoms with Gasteiger partial charge in [-0.2, -0.15) is 21.6 Å². The zero-order valence-electron chi connectivity index (χ0n) is 26.7. The minimum atomic E-state index is -4.67. The summed E-state index contributed by atoms with van der Waals surface area (Å²) in [4.78, 5) is 27.1. The van der Waals surface area contributed by atoms with Gasteiger partial charge in [0.1, 0.15) is 11.9 Å². The van der Waals surface area contributed by atoms with Crippen molar-refractivity contribution in [3.8, 4) is 11.3 Å². The molecule has 1 unspecified atom stereocenters. The Morgan fingerprint density at radius 2 is 1.78 bits per heavy atom. The maximum Gasteiger partial charge on any atom is 0.432 e. The van der Waals surface area contributed by atoms with Gasteiger partial charge in [-0.15, -0.1) is 15.2 Å². The van der Waals surface area contributed by atoms with Crippen LogP contribution in [0.2, 0.25) is 4.34 Å². The molecule has 0 spiro atoms. The van der Waals surface area contributed by atoms with Crippen LogP contribution in [0.15, 0.2) is 77.3 Å². The van der Waals surface area contributed by atoms with Gasteiger partial charge >= 0.3 is 28.2 Å². The highest BCUT2D eigenvalue weighted by atomic mass is 35.5. The molecule has 2 saturated heterocycles. The third-order valence-electron chi connectivity index (χ3n) is 9.00. The molecule has 6 rings (SSSR count). The van der Waals surface area contributed by atoms with E-state index in [1.807, 2.05) is 17.0 Å². The number of anilines is 1. The van der Waals surface area contributed by atoms with Crippen molar-refractivity contribution >= 4 is 44.8 Å². The number of carbonyl (C=O) groups is 1. The Hall–Kier alpha value is -3.70. The summed E-state index contributed by atoms with van der Waals surface area (Å²) in [6, 6.07) is 11.8. The van der Waals surface area contributed by atoms with E-state index in [4.69, 9.17) is 16.6 Å². The van der Waals surface area contributed by atoms with Crippen LogP contribution in [-0.4, -0.2) is 77.9 Å². The molecule has 2 aliphatic heterocycles. The van der Waals surface area contributed by atoms with Gasteiger partial charge in [-0.1, -0.05) is 29.8 Å². The first kappa shape index (κ1) is 36.1. The lowest BCUT2D eigenvalue weighted by Gasteiger charge is -2.35. The van der Waals surface area contributed by atoms with Crippen LogP contribution in [0.3, 0.4) is 0 Å². The molecule has 17 heteroatoms. The average Bonchev–Trinajstić information content (AvgIpc) is 3.64. The van der Waals surface area contributed by atoms with E-state index in [1.165, 1.54) is 31.2 Å². The molecule has 50 heavy (non-hydrogen) atoms. The van der Waals surface area contributed by atoms with Gasteiger partial charge in [-0.25, -0.2) is 18.6 Å². The van der Waals surface area contributed by atoms with Crippen LogP contribution in [0.5, 0.6) is 0 Å². The van der Waals surface area contributed by atoms with Crippen molar-refractivity contribution < 1.29 is 39.1 Å². The van der Waals surface area contributed by atoms with E-state index in [0.717, 1.165) is 17.7 Å². The molecule has 1 aromatic carbocycles. The lowest BCUT2D eigenvalue weighted by Crippen LogP contribution is -2.62. The second-order valence-electron chi connectivity index (χ2n) is 12.5. The molecule has 2 aliphatic rings. The third-order valence-corrected chi connectivity index (χ3v) is 13.1. The van der Waals surface area contributed by atoms with E-state index >= 15 is 0 Å². The fraction of sp³-hybridized carbons (Fsp3) is 0.364. The Kier molecular flexibility index (Phi) is 9.96. The fourth-order valence-electron chi connectivity index (χ4n) is 6.45. The number of amides is 2. The van der Waals surface area contributed by atoms with Crippen molar-refractivity contribution in [2.24, 2.45) is 0 Å². The molecule has 3 aromatic heterocycles. The van der Waals surface area contributed by atoms with Crippen molar-refractivity contribution in [3.63, 3.8) is 0 Å². The van der Waals surface area contributed by atoms with Gasteiger partial charge in [0.15, 0.2) is 10.8 Å². The molecular weight excluding hydrogens is 723 g/mol. The number of sulfonamides is 1. The van der Waals surface area contributed by atoms with Crippen LogP contribution in [-0.2, 0) is 29.3 Å². The van der Waals surface area contributed by atoms with Crippen molar-refractivity contribution in [2.45, 2.75) is 48.8 Å². The highest BCUT2D eigenvalue weighted by Gasteiger charge is 2.66. The first-order valence-electron chi connectivity index (χ1n) is 15.7. The number of thiophene rings is 1. The number of halogens is 6. The number of nitrogens with zero attached hydrogens (tertiary/aromatic N) is 5. The maximum atomic E-state index is 14.8. The van der Waals surface area contributed by atoms with E-state index in [-0.39, 0.29) is 15.1 Å². The molecule has 1 N–H and O–H groups in total. The van der Waals surface area contributed by atoms with Crippen LogP contribution in [0, 0.1) is 0 Å². The number of aromatic nitrogens is 2. The number of pyridine rings is 2. The number of carbonyl (C=O) groups excluding carboxylic acids is 1. The third kappa shape index (κ3) is 7.35. The second-order valence-corrected chi connectivity index (χ2v) is 16.5. The number of piperazine rings is 1. The molecule has 2 fully saturated rings. The standard InChI is InChI=1S/C33H32ClF5N6O3S2/c1-22-17-32(35,36)21-45(22,50(47,48)30-9-8-28(34)49-30)31(46)41-19-24-15-27(25-4-6-26(7-5-25)33(37,38)39)42-29(16-24)44-13-11-43(12-14-44)20-23-3-2-10-40-18-23/h2-10,15-16,18,22H,11-14,17,19-21H2,1H3/p+1/t22-,45?/m1/s1. The van der Waals surface area contributed by atoms with Gasteiger partial charge in [0.25, 0.3) is 0 Å². The number of likely N-dealkylation sites (tertiary alicyclic amines) is 1. The zero-order chi connectivity index (χ0) is 35.9. The van der Waals surface area contributed by atoms with Crippen LogP contribution in [0.1, 0.15) is 30.0 Å². The largest absolute Gasteiger partial charge is 0.432 e. The van der Waals surface area contributed by atoms with E-state index in [1.54, 1.807) is 24.5 Å². The smallest absolute Gasteiger partial charge is 0.354 e. The van der Waals surface area contributed by atoms with E-state index in [2.05, 4.69) is 15.2 Å². The summed E-state index contributed by atoms with van der Waals surface area (Å²) in [6.45, 7) is 3.01. The molecular formula is C33H33ClF5N6O3S2+. The summed E-state index contributed by atoms with van der Waals surface area (Å²) in [5, 5.41) is 2.59. The van der Waals surface area contributed by atoms with Gasteiger partial charge in [-0.3, -0.25) is 9.88 Å². The minimum Gasteiger partial charge on any atom is -0.354 e. The zero-order valence-corrected chi connectivity index (χ0v) is 29.1. The van der Waals surface area contributed by atoms with Crippen molar-refractivity contribution in [1.29, 1.82) is 0 Å². The maximum absolute atomic E-state index is 14.8. The first-order valence-corrected chi connectivity index (χ1v) is 18.3. The molecule has 4 aromatic rings. The number of hydrogen-bond donors (Lipinski definition) is 1. The Balaban J connectivity index is 1.29. The van der Waals surface area contributed by atoms with E-state index < -0.39 is 56.6 Å². The van der Waals surface area contributed by atoms with Crippen LogP contribution in [0.4, 0.5) is 32.6 Å². The molecule has 2 amide bonds. The Morgan fingerprint density at radius 1 is 1.06 bits per heavy atom. The quantitative estimate of drug-likeness (QED) is 0.152. The van der Waals surface area contributed by atoms with E-state index in [0.29, 0.717) is 66.7 Å². The van der Waals surface area contributed by atoms with Crippen LogP contribution in [0.25, 0.3) is 11.3 Å².